The average Bonchev–Trinajstić information content (AvgIpc) is 1.53. The van der Waals surface area contributed by atoms with Crippen molar-refractivity contribution in [1.82, 2.24) is 49.0 Å². The molecule has 0 unspecified atom stereocenters. The number of nitrogens with zero attached hydrogens (tertiary/aromatic N) is 10. The van der Waals surface area contributed by atoms with Gasteiger partial charge in [-0.25, -0.2) is 39.9 Å². The number of aromatic nitrogens is 10. The molecule has 0 aliphatic rings. The molecule has 698 valence electrons. The molecule has 0 atom stereocenters. The summed E-state index contributed by atoms with van der Waals surface area (Å²) in [7, 11) is 0. The van der Waals surface area contributed by atoms with Gasteiger partial charge in [0.05, 0.1) is 90.1 Å². The van der Waals surface area contributed by atoms with Gasteiger partial charge in [0.2, 0.25) is 0 Å². The third kappa shape index (κ3) is 17.8. The number of aryl methyl sites for hydroxylation is 4. The van der Waals surface area contributed by atoms with Crippen LogP contribution in [0.2, 0.25) is 0 Å². The minimum absolute atomic E-state index is 0.177. The second-order valence-corrected chi connectivity index (χ2v) is 36.9. The van der Waals surface area contributed by atoms with Crippen LogP contribution in [0.1, 0.15) is 33.4 Å². The van der Waals surface area contributed by atoms with E-state index in [0.29, 0.717) is 109 Å². The molecule has 24 aromatic rings. The predicted octanol–water partition coefficient (Wildman–Crippen LogP) is 34.2. The SMILES string of the molecule is Cc1cccc(-c2ccc3c(c2)c2cc(-c4cccc(CCc5cccc(-c6ccc7c8ccc(-c9cccc(C)c9)cc8n(-c8c(-c9cc(-c%10ccccc%10)nc(-c%10ccccc%10)n9)cc(C(F)(F)F)cc8-c8cc(-c9ccccc9)nc(-c9ccccc9)n8)c7c6)c5)c4)ccc2n3-c2c(-c3cc(-c4ccccc4)nc(-c4ccccc4)n3)cc(C(F)(F)F)cc2-c2cc(-c3ccccc3)nc(-c3ccccc3)n2)c1. The highest BCUT2D eigenvalue weighted by molar-refractivity contribution is 6.15. The van der Waals surface area contributed by atoms with Crippen molar-refractivity contribution in [2.45, 2.75) is 39.0 Å². The fraction of sp³-hybridized carbons (Fsp3) is 0.0462. The minimum atomic E-state index is -4.89. The number of benzene rings is 18. The van der Waals surface area contributed by atoms with Crippen LogP contribution in [0.4, 0.5) is 26.3 Å². The average molecular weight is 1900 g/mol. The molecule has 0 spiro atoms. The first-order chi connectivity index (χ1) is 71.4. The number of rotatable bonds is 21. The van der Waals surface area contributed by atoms with Gasteiger partial charge in [0.25, 0.3) is 0 Å². The number of halogens is 6. The highest BCUT2D eigenvalue weighted by Gasteiger charge is 2.38. The van der Waals surface area contributed by atoms with Gasteiger partial charge in [0.15, 0.2) is 23.3 Å². The Balaban J connectivity index is 0.665. The van der Waals surface area contributed by atoms with Crippen LogP contribution in [0.5, 0.6) is 0 Å². The van der Waals surface area contributed by atoms with E-state index in [-0.39, 0.29) is 45.0 Å². The number of hydrogen-bond acceptors (Lipinski definition) is 8. The van der Waals surface area contributed by atoms with Gasteiger partial charge in [-0.1, -0.05) is 387 Å². The van der Waals surface area contributed by atoms with Crippen LogP contribution < -0.4 is 0 Å². The van der Waals surface area contributed by atoms with E-state index >= 15 is 26.3 Å². The summed E-state index contributed by atoms with van der Waals surface area (Å²) in [5, 5.41) is 3.40. The van der Waals surface area contributed by atoms with E-state index in [1.165, 1.54) is 24.3 Å². The standard InChI is InChI=1S/C130H86F6N10/c1-81-31-27-51-93(65-81)97-59-63-119-105(69-97)106-70-98(60-64-120(106)145(119)123-107(115-77-111(85-35-11-3-12-36-85)137-125(141-115)89-43-19-7-20-44-89)73-101(129(131,132)133)74-108(123)116-78-112(86-37-13-4-14-38-86)138-126(142-116)90-45-21-8-22-46-90)95-53-29-33-83(67-95)55-56-84-34-30-54-96(68-84)100-58-62-104-103-61-57-99(94-52-28-32-82(2)66-94)71-121(103)146(122(104)72-100)124-109(117-79-113(87-39-15-5-16-40-87)139-127(143-117)91-47-23-9-24-48-91)75-102(130(134,135)136)76-110(124)118-80-114(88-41-17-6-18-42-88)140-128(144-118)92-49-25-10-26-50-92/h3-54,57-80H,55-56H2,1-2H3. The lowest BCUT2D eigenvalue weighted by molar-refractivity contribution is -0.138. The Morgan fingerprint density at radius 1 is 0.185 bits per heavy atom. The molecule has 24 rings (SSSR count). The van der Waals surface area contributed by atoms with Crippen molar-refractivity contribution in [3.8, 4) is 191 Å². The molecule has 18 aromatic carbocycles. The van der Waals surface area contributed by atoms with Gasteiger partial charge in [-0.05, 0) is 167 Å². The highest BCUT2D eigenvalue weighted by atomic mass is 19.4. The first kappa shape index (κ1) is 90.0. The molecule has 0 amide bonds. The summed E-state index contributed by atoms with van der Waals surface area (Å²) in [5.41, 5.74) is 22.9. The van der Waals surface area contributed by atoms with Crippen molar-refractivity contribution in [2.75, 3.05) is 0 Å². The molecule has 6 aromatic heterocycles. The molecule has 0 bridgehead atoms. The quantitative estimate of drug-likeness (QED) is 0.0654. The molecule has 6 heterocycles. The smallest absolute Gasteiger partial charge is 0.308 e. The Hall–Kier alpha value is -18.5. The van der Waals surface area contributed by atoms with Gasteiger partial charge >= 0.3 is 12.4 Å². The van der Waals surface area contributed by atoms with Gasteiger partial charge in [-0.15, -0.1) is 0 Å². The van der Waals surface area contributed by atoms with Crippen LogP contribution in [0.25, 0.3) is 235 Å². The third-order valence-electron chi connectivity index (χ3n) is 27.2. The van der Waals surface area contributed by atoms with Crippen molar-refractivity contribution in [3.63, 3.8) is 0 Å². The lowest BCUT2D eigenvalue weighted by Gasteiger charge is -2.22. The van der Waals surface area contributed by atoms with E-state index < -0.39 is 23.5 Å². The minimum Gasteiger partial charge on any atom is -0.308 e. The fourth-order valence-corrected chi connectivity index (χ4v) is 20.1. The summed E-state index contributed by atoms with van der Waals surface area (Å²) in [6.07, 6.45) is -8.49. The van der Waals surface area contributed by atoms with Crippen LogP contribution in [-0.4, -0.2) is 49.0 Å². The van der Waals surface area contributed by atoms with E-state index in [1.807, 2.05) is 255 Å². The van der Waals surface area contributed by atoms with Gasteiger partial charge in [0.1, 0.15) is 0 Å². The summed E-state index contributed by atoms with van der Waals surface area (Å²) < 4.78 is 104. The Morgan fingerprint density at radius 3 is 0.699 bits per heavy atom. The molecule has 0 fully saturated rings. The van der Waals surface area contributed by atoms with Crippen LogP contribution in [0.15, 0.2) is 461 Å². The maximum atomic E-state index is 16.7. The van der Waals surface area contributed by atoms with E-state index in [1.54, 1.807) is 24.3 Å². The van der Waals surface area contributed by atoms with Crippen LogP contribution in [0.3, 0.4) is 0 Å². The molecule has 16 heteroatoms. The molecular weight excluding hydrogens is 1820 g/mol. The van der Waals surface area contributed by atoms with E-state index in [2.05, 4.69) is 181 Å². The summed E-state index contributed by atoms with van der Waals surface area (Å²) in [4.78, 5) is 42.1. The molecule has 0 saturated carbocycles. The van der Waals surface area contributed by atoms with Gasteiger partial charge in [0, 0.05) is 88.3 Å². The monoisotopic (exact) mass is 1900 g/mol. The van der Waals surface area contributed by atoms with Crippen molar-refractivity contribution in [2.24, 2.45) is 0 Å². The number of hydrogen-bond donors (Lipinski definition) is 0. The molecule has 0 N–H and O–H groups in total. The predicted molar refractivity (Wildman–Crippen MR) is 578 cm³/mol. The summed E-state index contributed by atoms with van der Waals surface area (Å²) in [6, 6.07) is 148. The zero-order valence-electron chi connectivity index (χ0n) is 79.0. The van der Waals surface area contributed by atoms with Gasteiger partial charge < -0.3 is 9.13 Å². The van der Waals surface area contributed by atoms with Gasteiger partial charge in [-0.2, -0.15) is 26.3 Å². The first-order valence-corrected chi connectivity index (χ1v) is 48.4. The summed E-state index contributed by atoms with van der Waals surface area (Å²) >= 11 is 0. The summed E-state index contributed by atoms with van der Waals surface area (Å²) in [5.74, 6) is 1.28. The summed E-state index contributed by atoms with van der Waals surface area (Å²) in [6.45, 7) is 4.13. The molecule has 0 radical (unpaired) electrons. The number of alkyl halides is 6. The second-order valence-electron chi connectivity index (χ2n) is 36.9. The highest BCUT2D eigenvalue weighted by Crippen LogP contribution is 2.51. The zero-order chi connectivity index (χ0) is 98.7. The van der Waals surface area contributed by atoms with Crippen LogP contribution in [0, 0.1) is 13.8 Å². The molecule has 0 aliphatic carbocycles. The number of fused-ring (bicyclic) bond motifs is 6. The molecule has 0 aliphatic heterocycles. The first-order valence-electron chi connectivity index (χ1n) is 48.4. The normalized spacial score (nSPS) is 11.8. The van der Waals surface area contributed by atoms with Crippen molar-refractivity contribution < 1.29 is 26.3 Å². The Morgan fingerprint density at radius 2 is 0.418 bits per heavy atom. The van der Waals surface area contributed by atoms with Crippen LogP contribution in [-0.2, 0) is 25.2 Å². The second kappa shape index (κ2) is 37.8. The topological polar surface area (TPSA) is 113 Å². The lowest BCUT2D eigenvalue weighted by Crippen LogP contribution is -2.10. The van der Waals surface area contributed by atoms with Gasteiger partial charge in [-0.3, -0.25) is 0 Å². The Kier molecular flexibility index (Phi) is 23.3. The van der Waals surface area contributed by atoms with Crippen molar-refractivity contribution >= 4 is 43.6 Å². The van der Waals surface area contributed by atoms with Crippen molar-refractivity contribution in [1.29, 1.82) is 0 Å². The van der Waals surface area contributed by atoms with Crippen molar-refractivity contribution in [3.05, 3.63) is 494 Å². The van der Waals surface area contributed by atoms with Crippen LogP contribution >= 0.6 is 0 Å². The third-order valence-corrected chi connectivity index (χ3v) is 27.2. The molecular formula is C130H86F6N10. The Labute approximate surface area is 838 Å². The van der Waals surface area contributed by atoms with E-state index in [4.69, 9.17) is 39.9 Å². The largest absolute Gasteiger partial charge is 0.416 e. The van der Waals surface area contributed by atoms with E-state index in [0.717, 1.165) is 116 Å². The Bertz CT molecular complexity index is 8610. The molecule has 146 heavy (non-hydrogen) atoms. The molecule has 0 saturated heterocycles. The maximum absolute atomic E-state index is 16.7. The zero-order valence-corrected chi connectivity index (χ0v) is 79.0. The fourth-order valence-electron chi connectivity index (χ4n) is 20.1. The maximum Gasteiger partial charge on any atom is 0.416 e. The molecule has 10 nitrogen and oxygen atoms in total. The van der Waals surface area contributed by atoms with E-state index in [9.17, 15) is 0 Å². The lowest BCUT2D eigenvalue weighted by atomic mass is 9.95.